The topological polar surface area (TPSA) is 112 Å². The predicted molar refractivity (Wildman–Crippen MR) is 156 cm³/mol. The van der Waals surface area contributed by atoms with Crippen molar-refractivity contribution in [3.8, 4) is 11.5 Å². The highest BCUT2D eigenvalue weighted by Crippen LogP contribution is 2.38. The van der Waals surface area contributed by atoms with Gasteiger partial charge >= 0.3 is 5.97 Å². The molecular formula is C30H30N4O6S. The highest BCUT2D eigenvalue weighted by Gasteiger charge is 2.37. The lowest BCUT2D eigenvalue weighted by Gasteiger charge is -2.26. The molecule has 1 aromatic heterocycles. The highest BCUT2D eigenvalue weighted by atomic mass is 32.1. The average molecular weight is 575 g/mol. The Kier molecular flexibility index (Phi) is 7.63. The number of hydrogen-bond acceptors (Lipinski definition) is 9. The standard InChI is InChI=1S/C30H30N4O6S/c1-16(2)40-29(37)25-18(4)31-30-33(26(25)22-14-20(38-5)12-13-23(22)39-6)28(36)24(41-30)15-21-17(3)32-34(27(21)35)19-10-8-7-9-11-19/h7-16,21,26H,1-6H3/b24-15-/t21-,26+/m1/s1. The average Bonchev–Trinajstić information content (AvgIpc) is 3.42. The number of rotatable bonds is 7. The summed E-state index contributed by atoms with van der Waals surface area (Å²) in [6.07, 6.45) is 1.24. The fourth-order valence-electron chi connectivity index (χ4n) is 4.90. The van der Waals surface area contributed by atoms with Crippen LogP contribution in [-0.4, -0.2) is 42.5 Å². The van der Waals surface area contributed by atoms with Gasteiger partial charge in [-0.1, -0.05) is 29.5 Å². The molecule has 2 aliphatic heterocycles. The molecule has 0 aliphatic carbocycles. The Morgan fingerprint density at radius 3 is 2.44 bits per heavy atom. The Labute approximate surface area is 240 Å². The van der Waals surface area contributed by atoms with Crippen LogP contribution in [0.1, 0.15) is 39.3 Å². The van der Waals surface area contributed by atoms with E-state index in [9.17, 15) is 14.4 Å². The van der Waals surface area contributed by atoms with Gasteiger partial charge < -0.3 is 14.2 Å². The Bertz CT molecular complexity index is 1770. The van der Waals surface area contributed by atoms with E-state index in [-0.39, 0.29) is 17.6 Å². The molecule has 2 aromatic carbocycles. The Hall–Kier alpha value is -4.51. The number of hydrogen-bond donors (Lipinski definition) is 0. The number of carbonyl (C=O) groups excluding carboxylic acids is 2. The zero-order chi connectivity index (χ0) is 29.4. The minimum Gasteiger partial charge on any atom is -0.497 e. The quantitative estimate of drug-likeness (QED) is 0.401. The van der Waals surface area contributed by atoms with Crippen LogP contribution in [-0.2, 0) is 14.3 Å². The molecule has 3 heterocycles. The monoisotopic (exact) mass is 574 g/mol. The van der Waals surface area contributed by atoms with Crippen molar-refractivity contribution in [2.45, 2.75) is 39.8 Å². The van der Waals surface area contributed by atoms with Crippen molar-refractivity contribution in [3.05, 3.63) is 85.1 Å². The summed E-state index contributed by atoms with van der Waals surface area (Å²) < 4.78 is 18.4. The highest BCUT2D eigenvalue weighted by molar-refractivity contribution is 7.07. The second-order valence-electron chi connectivity index (χ2n) is 9.87. The van der Waals surface area contributed by atoms with Crippen LogP contribution in [0.5, 0.6) is 11.5 Å². The smallest absolute Gasteiger partial charge is 0.338 e. The number of anilines is 1. The second-order valence-corrected chi connectivity index (χ2v) is 10.9. The number of fused-ring (bicyclic) bond motifs is 1. The number of aromatic nitrogens is 1. The molecule has 0 saturated heterocycles. The maximum atomic E-state index is 14.1. The number of nitrogens with zero attached hydrogens (tertiary/aromatic N) is 4. The molecule has 1 amide bonds. The lowest BCUT2D eigenvalue weighted by Crippen LogP contribution is -2.40. The first-order valence-electron chi connectivity index (χ1n) is 13.0. The van der Waals surface area contributed by atoms with E-state index in [2.05, 4.69) is 10.1 Å². The number of carbonyl (C=O) groups is 2. The molecule has 41 heavy (non-hydrogen) atoms. The third-order valence-electron chi connectivity index (χ3n) is 6.82. The van der Waals surface area contributed by atoms with Crippen molar-refractivity contribution in [2.24, 2.45) is 16.0 Å². The van der Waals surface area contributed by atoms with Gasteiger partial charge in [0.05, 0.1) is 47.5 Å². The largest absolute Gasteiger partial charge is 0.497 e. The van der Waals surface area contributed by atoms with Crippen molar-refractivity contribution in [1.29, 1.82) is 0 Å². The zero-order valence-electron chi connectivity index (χ0n) is 23.6. The van der Waals surface area contributed by atoms with E-state index in [1.54, 1.807) is 64.1 Å². The number of ether oxygens (including phenoxy) is 3. The summed E-state index contributed by atoms with van der Waals surface area (Å²) in [5.74, 6) is -0.588. The minimum absolute atomic E-state index is 0.217. The maximum Gasteiger partial charge on any atom is 0.338 e. The molecular weight excluding hydrogens is 544 g/mol. The lowest BCUT2D eigenvalue weighted by atomic mass is 9.94. The molecule has 0 bridgehead atoms. The first-order chi connectivity index (χ1) is 19.6. The Morgan fingerprint density at radius 1 is 1.05 bits per heavy atom. The molecule has 0 saturated carbocycles. The van der Waals surface area contributed by atoms with E-state index in [1.165, 1.54) is 23.8 Å². The number of para-hydroxylation sites is 1. The summed E-state index contributed by atoms with van der Waals surface area (Å²) in [6.45, 7) is 6.98. The summed E-state index contributed by atoms with van der Waals surface area (Å²) in [6, 6.07) is 13.4. The van der Waals surface area contributed by atoms with E-state index in [0.29, 0.717) is 43.5 Å². The van der Waals surface area contributed by atoms with Gasteiger partial charge in [-0.15, -0.1) is 0 Å². The maximum absolute atomic E-state index is 14.1. The summed E-state index contributed by atoms with van der Waals surface area (Å²) in [5.41, 5.74) is 1.98. The Balaban J connectivity index is 1.68. The van der Waals surface area contributed by atoms with Gasteiger partial charge in [0.1, 0.15) is 23.5 Å². The third-order valence-corrected chi connectivity index (χ3v) is 7.82. The fourth-order valence-corrected chi connectivity index (χ4v) is 5.95. The van der Waals surface area contributed by atoms with Crippen LogP contribution in [0.3, 0.4) is 0 Å². The summed E-state index contributed by atoms with van der Waals surface area (Å²) in [4.78, 5) is 45.9. The number of methoxy groups -OCH3 is 2. The zero-order valence-corrected chi connectivity index (χ0v) is 24.4. The summed E-state index contributed by atoms with van der Waals surface area (Å²) in [5, 5.41) is 5.80. The molecule has 5 rings (SSSR count). The number of benzene rings is 2. The van der Waals surface area contributed by atoms with Crippen molar-refractivity contribution >= 4 is 40.7 Å². The van der Waals surface area contributed by atoms with Crippen LogP contribution < -0.4 is 29.4 Å². The van der Waals surface area contributed by atoms with Crippen LogP contribution in [0.4, 0.5) is 5.69 Å². The Morgan fingerprint density at radius 2 is 1.78 bits per heavy atom. The van der Waals surface area contributed by atoms with Crippen LogP contribution in [0.2, 0.25) is 0 Å². The normalized spacial score (nSPS) is 18.8. The van der Waals surface area contributed by atoms with Crippen molar-refractivity contribution in [2.75, 3.05) is 19.2 Å². The van der Waals surface area contributed by atoms with E-state index in [0.717, 1.165) is 11.3 Å². The van der Waals surface area contributed by atoms with Crippen molar-refractivity contribution < 1.29 is 23.8 Å². The predicted octanol–water partition coefficient (Wildman–Crippen LogP) is 3.19. The fraction of sp³-hybridized carbons (Fsp3) is 0.300. The van der Waals surface area contributed by atoms with E-state index >= 15 is 0 Å². The summed E-state index contributed by atoms with van der Waals surface area (Å²) in [7, 11) is 3.05. The molecule has 0 spiro atoms. The van der Waals surface area contributed by atoms with E-state index in [1.807, 2.05) is 18.2 Å². The van der Waals surface area contributed by atoms with Crippen LogP contribution in [0.25, 0.3) is 6.08 Å². The van der Waals surface area contributed by atoms with Gasteiger partial charge in [0.25, 0.3) is 11.5 Å². The molecule has 0 unspecified atom stereocenters. The molecule has 2 atom stereocenters. The van der Waals surface area contributed by atoms with Gasteiger partial charge in [-0.3, -0.25) is 14.2 Å². The molecule has 11 heteroatoms. The molecule has 0 N–H and O–H groups in total. The van der Waals surface area contributed by atoms with Crippen LogP contribution in [0.15, 0.2) is 74.7 Å². The van der Waals surface area contributed by atoms with Crippen molar-refractivity contribution in [3.63, 3.8) is 0 Å². The van der Waals surface area contributed by atoms with Gasteiger partial charge in [-0.05, 0) is 64.1 Å². The molecule has 10 nitrogen and oxygen atoms in total. The minimum atomic E-state index is -0.903. The number of allylic oxidation sites excluding steroid dienone is 1. The number of thiazole rings is 1. The van der Waals surface area contributed by atoms with Gasteiger partial charge in [0.2, 0.25) is 0 Å². The van der Waals surface area contributed by atoms with Crippen LogP contribution in [0, 0.1) is 5.92 Å². The number of amides is 1. The SMILES string of the molecule is COc1ccc(OC)c([C@H]2C(C(=O)OC(C)C)=C(C)N=c3s/c(=C\[C@H]4C(=O)N(c5ccccc5)N=C4C)c(=O)n32)c1. The third kappa shape index (κ3) is 5.08. The first kappa shape index (κ1) is 28.0. The van der Waals surface area contributed by atoms with Gasteiger partial charge in [-0.25, -0.2) is 9.79 Å². The molecule has 3 aromatic rings. The number of esters is 1. The molecule has 212 valence electrons. The lowest BCUT2D eigenvalue weighted by molar-refractivity contribution is -0.143. The van der Waals surface area contributed by atoms with Crippen molar-refractivity contribution in [1.82, 2.24) is 4.57 Å². The van der Waals surface area contributed by atoms with Gasteiger partial charge in [-0.2, -0.15) is 10.1 Å². The summed E-state index contributed by atoms with van der Waals surface area (Å²) >= 11 is 1.15. The van der Waals surface area contributed by atoms with Gasteiger partial charge in [0.15, 0.2) is 4.80 Å². The van der Waals surface area contributed by atoms with Gasteiger partial charge in [0, 0.05) is 5.56 Å². The molecule has 0 radical (unpaired) electrons. The van der Waals surface area contributed by atoms with Crippen LogP contribution >= 0.6 is 11.3 Å². The van der Waals surface area contributed by atoms with E-state index < -0.39 is 23.5 Å². The molecule has 2 aliphatic rings. The molecule has 0 fully saturated rings. The first-order valence-corrected chi connectivity index (χ1v) is 13.9. The second kappa shape index (κ2) is 11.2. The van der Waals surface area contributed by atoms with E-state index in [4.69, 9.17) is 14.2 Å². The number of hydrazone groups is 1.